The Kier molecular flexibility index (Phi) is 5.81. The third-order valence-electron chi connectivity index (χ3n) is 3.57. The lowest BCUT2D eigenvalue weighted by molar-refractivity contribution is -0.114. The second kappa shape index (κ2) is 7.69. The summed E-state index contributed by atoms with van der Waals surface area (Å²) in [5.74, 6) is -2.75. The smallest absolute Gasteiger partial charge is 0.245 e. The number of hydrogen-bond acceptors (Lipinski definition) is 4. The van der Waals surface area contributed by atoms with Gasteiger partial charge in [-0.25, -0.2) is 17.2 Å². The highest BCUT2D eigenvalue weighted by Gasteiger charge is 2.22. The highest BCUT2D eigenvalue weighted by Crippen LogP contribution is 2.22. The van der Waals surface area contributed by atoms with Crippen molar-refractivity contribution in [3.05, 3.63) is 54.1 Å². The molecule has 26 heavy (non-hydrogen) atoms. The van der Waals surface area contributed by atoms with E-state index < -0.39 is 39.8 Å². The van der Waals surface area contributed by atoms with Crippen molar-refractivity contribution in [2.75, 3.05) is 41.4 Å². The van der Waals surface area contributed by atoms with Gasteiger partial charge in [0.05, 0.1) is 11.9 Å². The number of para-hydroxylation sites is 1. The number of benzene rings is 2. The third-order valence-corrected chi connectivity index (χ3v) is 4.71. The first-order chi connectivity index (χ1) is 12.1. The van der Waals surface area contributed by atoms with Gasteiger partial charge in [0, 0.05) is 19.8 Å². The zero-order valence-electron chi connectivity index (χ0n) is 14.5. The lowest BCUT2D eigenvalue weighted by Crippen LogP contribution is -2.37. The van der Waals surface area contributed by atoms with E-state index in [9.17, 15) is 22.0 Å². The minimum atomic E-state index is -3.79. The summed E-state index contributed by atoms with van der Waals surface area (Å²) >= 11 is 0. The van der Waals surface area contributed by atoms with E-state index in [4.69, 9.17) is 0 Å². The van der Waals surface area contributed by atoms with Gasteiger partial charge in [0.2, 0.25) is 15.9 Å². The molecule has 140 valence electrons. The highest BCUT2D eigenvalue weighted by molar-refractivity contribution is 7.92. The van der Waals surface area contributed by atoms with Crippen LogP contribution in [0.2, 0.25) is 0 Å². The number of amides is 1. The molecule has 1 N–H and O–H groups in total. The Balaban J connectivity index is 2.24. The molecular formula is C17H19F2N3O3S. The zero-order valence-corrected chi connectivity index (χ0v) is 15.3. The maximum absolute atomic E-state index is 13.6. The molecule has 9 heteroatoms. The Morgan fingerprint density at radius 2 is 1.50 bits per heavy atom. The van der Waals surface area contributed by atoms with E-state index in [1.807, 2.05) is 19.0 Å². The molecule has 0 aliphatic heterocycles. The van der Waals surface area contributed by atoms with Crippen LogP contribution >= 0.6 is 0 Å². The Morgan fingerprint density at radius 1 is 1.00 bits per heavy atom. The van der Waals surface area contributed by atoms with Gasteiger partial charge in [0.1, 0.15) is 23.9 Å². The molecule has 2 aromatic rings. The molecule has 0 saturated heterocycles. The van der Waals surface area contributed by atoms with Crippen molar-refractivity contribution in [2.45, 2.75) is 0 Å². The second-order valence-electron chi connectivity index (χ2n) is 5.83. The molecule has 0 aliphatic rings. The summed E-state index contributed by atoms with van der Waals surface area (Å²) in [6, 6.07) is 9.64. The number of anilines is 3. The molecule has 2 rings (SSSR count). The molecule has 2 aromatic carbocycles. The van der Waals surface area contributed by atoms with Crippen molar-refractivity contribution < 1.29 is 22.0 Å². The Bertz CT molecular complexity index is 880. The molecule has 6 nitrogen and oxygen atoms in total. The van der Waals surface area contributed by atoms with E-state index in [1.165, 1.54) is 0 Å². The van der Waals surface area contributed by atoms with Crippen LogP contribution in [0.15, 0.2) is 42.5 Å². The number of sulfonamides is 1. The molecule has 0 unspecified atom stereocenters. The molecule has 0 fully saturated rings. The quantitative estimate of drug-likeness (QED) is 0.832. The first kappa shape index (κ1) is 19.6. The average Bonchev–Trinajstić information content (AvgIpc) is 2.55. The van der Waals surface area contributed by atoms with Crippen molar-refractivity contribution in [1.82, 2.24) is 0 Å². The number of rotatable bonds is 6. The fourth-order valence-electron chi connectivity index (χ4n) is 2.24. The van der Waals surface area contributed by atoms with Crippen LogP contribution in [0.1, 0.15) is 0 Å². The van der Waals surface area contributed by atoms with Gasteiger partial charge in [0.15, 0.2) is 0 Å². The minimum Gasteiger partial charge on any atom is -0.378 e. The summed E-state index contributed by atoms with van der Waals surface area (Å²) in [7, 11) is -0.121. The predicted molar refractivity (Wildman–Crippen MR) is 97.9 cm³/mol. The fraction of sp³-hybridized carbons (Fsp3) is 0.235. The second-order valence-corrected chi connectivity index (χ2v) is 7.73. The molecule has 0 atom stereocenters. The third kappa shape index (κ3) is 4.69. The van der Waals surface area contributed by atoms with Gasteiger partial charge in [-0.2, -0.15) is 0 Å². The van der Waals surface area contributed by atoms with E-state index in [1.54, 1.807) is 24.3 Å². The first-order valence-electron chi connectivity index (χ1n) is 7.58. The van der Waals surface area contributed by atoms with Crippen LogP contribution in [0, 0.1) is 11.6 Å². The number of halogens is 2. The van der Waals surface area contributed by atoms with Crippen LogP contribution in [-0.2, 0) is 14.8 Å². The summed E-state index contributed by atoms with van der Waals surface area (Å²) < 4.78 is 52.2. The predicted octanol–water partition coefficient (Wildman–Crippen LogP) is 2.44. The summed E-state index contributed by atoms with van der Waals surface area (Å²) in [5.41, 5.74) is 0.497. The van der Waals surface area contributed by atoms with E-state index in [0.29, 0.717) is 0 Å². The van der Waals surface area contributed by atoms with Crippen molar-refractivity contribution in [1.29, 1.82) is 0 Å². The SMILES string of the molecule is CN(C)c1ccc(N(CC(=O)Nc2c(F)cccc2F)S(C)(=O)=O)cc1. The minimum absolute atomic E-state index is 0.266. The van der Waals surface area contributed by atoms with Crippen LogP contribution in [0.4, 0.5) is 25.8 Å². The van der Waals surface area contributed by atoms with Gasteiger partial charge < -0.3 is 10.2 Å². The molecule has 0 saturated carbocycles. The van der Waals surface area contributed by atoms with Crippen LogP contribution in [0.25, 0.3) is 0 Å². The van der Waals surface area contributed by atoms with E-state index >= 15 is 0 Å². The number of carbonyl (C=O) groups excluding carboxylic acids is 1. The van der Waals surface area contributed by atoms with Crippen molar-refractivity contribution in [3.63, 3.8) is 0 Å². The normalized spacial score (nSPS) is 11.1. The van der Waals surface area contributed by atoms with Gasteiger partial charge >= 0.3 is 0 Å². The number of hydrogen-bond donors (Lipinski definition) is 1. The van der Waals surface area contributed by atoms with Crippen molar-refractivity contribution in [3.8, 4) is 0 Å². The number of carbonyl (C=O) groups is 1. The van der Waals surface area contributed by atoms with Crippen LogP contribution in [0.5, 0.6) is 0 Å². The monoisotopic (exact) mass is 383 g/mol. The van der Waals surface area contributed by atoms with Crippen LogP contribution in [-0.4, -0.2) is 41.2 Å². The summed E-state index contributed by atoms with van der Waals surface area (Å²) in [5, 5.41) is 2.08. The van der Waals surface area contributed by atoms with Gasteiger partial charge in [-0.15, -0.1) is 0 Å². The number of nitrogens with one attached hydrogen (secondary N) is 1. The van der Waals surface area contributed by atoms with Crippen molar-refractivity contribution >= 4 is 33.0 Å². The van der Waals surface area contributed by atoms with Crippen molar-refractivity contribution in [2.24, 2.45) is 0 Å². The first-order valence-corrected chi connectivity index (χ1v) is 9.43. The van der Waals surface area contributed by atoms with Gasteiger partial charge in [-0.05, 0) is 36.4 Å². The molecule has 0 radical (unpaired) electrons. The molecule has 1 amide bonds. The van der Waals surface area contributed by atoms with Gasteiger partial charge in [0.25, 0.3) is 0 Å². The zero-order chi connectivity index (χ0) is 19.5. The largest absolute Gasteiger partial charge is 0.378 e. The molecular weight excluding hydrogens is 364 g/mol. The lowest BCUT2D eigenvalue weighted by atomic mass is 10.2. The lowest BCUT2D eigenvalue weighted by Gasteiger charge is -2.23. The molecule has 0 bridgehead atoms. The maximum atomic E-state index is 13.6. The average molecular weight is 383 g/mol. The maximum Gasteiger partial charge on any atom is 0.245 e. The Morgan fingerprint density at radius 3 is 1.96 bits per heavy atom. The Labute approximate surface area is 151 Å². The fourth-order valence-corrected chi connectivity index (χ4v) is 3.10. The summed E-state index contributed by atoms with van der Waals surface area (Å²) in [6.07, 6.45) is 0.948. The highest BCUT2D eigenvalue weighted by atomic mass is 32.2. The summed E-state index contributed by atoms with van der Waals surface area (Å²) in [6.45, 7) is -0.617. The summed E-state index contributed by atoms with van der Waals surface area (Å²) in [4.78, 5) is 14.0. The molecule has 0 aliphatic carbocycles. The van der Waals surface area contributed by atoms with Crippen LogP contribution < -0.4 is 14.5 Å². The van der Waals surface area contributed by atoms with Gasteiger partial charge in [-0.3, -0.25) is 9.10 Å². The Hall–Kier alpha value is -2.68. The van der Waals surface area contributed by atoms with E-state index in [0.717, 1.165) is 34.4 Å². The van der Waals surface area contributed by atoms with Crippen LogP contribution in [0.3, 0.4) is 0 Å². The molecule has 0 spiro atoms. The molecule has 0 heterocycles. The van der Waals surface area contributed by atoms with E-state index in [-0.39, 0.29) is 5.69 Å². The van der Waals surface area contributed by atoms with E-state index in [2.05, 4.69) is 5.32 Å². The topological polar surface area (TPSA) is 69.7 Å². The van der Waals surface area contributed by atoms with Gasteiger partial charge in [-0.1, -0.05) is 6.07 Å². The standard InChI is InChI=1S/C17H19F2N3O3S/c1-21(2)12-7-9-13(10-8-12)22(26(3,24)25)11-16(23)20-17-14(18)5-4-6-15(17)19/h4-10H,11H2,1-3H3,(H,20,23). The number of nitrogens with zero attached hydrogens (tertiary/aromatic N) is 2. The molecule has 0 aromatic heterocycles.